The topological polar surface area (TPSA) is 85.3 Å². The summed E-state index contributed by atoms with van der Waals surface area (Å²) in [5, 5.41) is 10.8. The smallest absolute Gasteiger partial charge is 0.295 e. The summed E-state index contributed by atoms with van der Waals surface area (Å²) < 4.78 is 15.7. The highest BCUT2D eigenvalue weighted by Gasteiger charge is 2.44. The standard InChI is InChI=1S/C21H21NO6/c1-22-18(13-7-10-15(27-3)16(11-13)28-4)17(20(24)21(22)25)19(23)12-5-8-14(26-2)9-6-12/h5-11,18,23H,1-4H3/t18-/m0/s1. The minimum Gasteiger partial charge on any atom is -0.507 e. The van der Waals surface area contributed by atoms with Crippen LogP contribution in [-0.4, -0.2) is 50.1 Å². The molecule has 2 aromatic carbocycles. The molecular weight excluding hydrogens is 362 g/mol. The minimum atomic E-state index is -0.748. The van der Waals surface area contributed by atoms with Gasteiger partial charge in [-0.1, -0.05) is 6.07 Å². The van der Waals surface area contributed by atoms with Gasteiger partial charge in [0.2, 0.25) is 0 Å². The molecule has 28 heavy (non-hydrogen) atoms. The molecule has 1 heterocycles. The van der Waals surface area contributed by atoms with Gasteiger partial charge in [0.1, 0.15) is 11.5 Å². The Morgan fingerprint density at radius 1 is 0.929 bits per heavy atom. The van der Waals surface area contributed by atoms with Crippen molar-refractivity contribution in [1.82, 2.24) is 4.90 Å². The first-order valence-electron chi connectivity index (χ1n) is 8.53. The summed E-state index contributed by atoms with van der Waals surface area (Å²) in [4.78, 5) is 26.3. The van der Waals surface area contributed by atoms with Gasteiger partial charge in [0, 0.05) is 12.6 Å². The molecule has 3 rings (SSSR count). The van der Waals surface area contributed by atoms with E-state index in [1.54, 1.807) is 42.5 Å². The fraction of sp³-hybridized carbons (Fsp3) is 0.238. The Balaban J connectivity index is 2.14. The van der Waals surface area contributed by atoms with Crippen LogP contribution >= 0.6 is 0 Å². The molecule has 1 amide bonds. The number of aliphatic hydroxyl groups excluding tert-OH is 1. The second-order valence-electron chi connectivity index (χ2n) is 6.25. The number of likely N-dealkylation sites (N-methyl/N-ethyl adjacent to an activating group) is 1. The number of Topliss-reactive ketones (excluding diaryl/α,β-unsaturated/α-hetero) is 1. The quantitative estimate of drug-likeness (QED) is 0.485. The molecule has 1 saturated heterocycles. The Morgan fingerprint density at radius 3 is 2.14 bits per heavy atom. The van der Waals surface area contributed by atoms with Crippen molar-refractivity contribution in [3.8, 4) is 17.2 Å². The lowest BCUT2D eigenvalue weighted by atomic mass is 9.95. The van der Waals surface area contributed by atoms with Gasteiger partial charge < -0.3 is 24.2 Å². The zero-order valence-electron chi connectivity index (χ0n) is 16.1. The molecule has 0 saturated carbocycles. The van der Waals surface area contributed by atoms with E-state index in [0.717, 1.165) is 0 Å². The van der Waals surface area contributed by atoms with E-state index in [-0.39, 0.29) is 11.3 Å². The number of hydrogen-bond donors (Lipinski definition) is 1. The maximum absolute atomic E-state index is 12.6. The Hall–Kier alpha value is -3.48. The molecule has 1 atom stereocenters. The number of ketones is 1. The van der Waals surface area contributed by atoms with Gasteiger partial charge in [-0.05, 0) is 42.0 Å². The lowest BCUT2D eigenvalue weighted by molar-refractivity contribution is -0.139. The normalized spacial score (nSPS) is 18.3. The van der Waals surface area contributed by atoms with Crippen LogP contribution in [0.3, 0.4) is 0 Å². The summed E-state index contributed by atoms with van der Waals surface area (Å²) in [6.45, 7) is 0. The molecule has 0 aliphatic carbocycles. The summed E-state index contributed by atoms with van der Waals surface area (Å²) >= 11 is 0. The highest BCUT2D eigenvalue weighted by molar-refractivity contribution is 6.46. The van der Waals surface area contributed by atoms with Gasteiger partial charge in [-0.25, -0.2) is 0 Å². The van der Waals surface area contributed by atoms with Crippen LogP contribution in [0.4, 0.5) is 0 Å². The number of carbonyl (C=O) groups is 2. The minimum absolute atomic E-state index is 0.0184. The molecule has 0 aromatic heterocycles. The highest BCUT2D eigenvalue weighted by atomic mass is 16.5. The third kappa shape index (κ3) is 3.15. The van der Waals surface area contributed by atoms with Crippen LogP contribution in [0.5, 0.6) is 17.2 Å². The van der Waals surface area contributed by atoms with Crippen LogP contribution in [0, 0.1) is 0 Å². The van der Waals surface area contributed by atoms with Gasteiger partial charge in [0.25, 0.3) is 11.7 Å². The Labute approximate surface area is 162 Å². The molecule has 7 nitrogen and oxygen atoms in total. The van der Waals surface area contributed by atoms with Crippen molar-refractivity contribution in [2.24, 2.45) is 0 Å². The molecule has 2 aromatic rings. The maximum atomic E-state index is 12.6. The van der Waals surface area contributed by atoms with E-state index in [1.165, 1.54) is 33.3 Å². The fourth-order valence-electron chi connectivity index (χ4n) is 3.27. The number of hydrogen-bond acceptors (Lipinski definition) is 6. The Bertz CT molecular complexity index is 948. The van der Waals surface area contributed by atoms with Crippen LogP contribution in [-0.2, 0) is 9.59 Å². The van der Waals surface area contributed by atoms with E-state index in [4.69, 9.17) is 14.2 Å². The van der Waals surface area contributed by atoms with Crippen molar-refractivity contribution in [1.29, 1.82) is 0 Å². The molecule has 146 valence electrons. The molecule has 1 N–H and O–H groups in total. The summed E-state index contributed by atoms with van der Waals surface area (Å²) in [6.07, 6.45) is 0. The number of amides is 1. The van der Waals surface area contributed by atoms with Crippen molar-refractivity contribution in [3.63, 3.8) is 0 Å². The van der Waals surface area contributed by atoms with Crippen molar-refractivity contribution >= 4 is 17.4 Å². The fourth-order valence-corrected chi connectivity index (χ4v) is 3.27. The van der Waals surface area contributed by atoms with E-state index >= 15 is 0 Å². The number of ether oxygens (including phenoxy) is 3. The number of nitrogens with zero attached hydrogens (tertiary/aromatic N) is 1. The molecular formula is C21H21NO6. The molecule has 1 aliphatic rings. The second-order valence-corrected chi connectivity index (χ2v) is 6.25. The summed E-state index contributed by atoms with van der Waals surface area (Å²) in [7, 11) is 6.08. The van der Waals surface area contributed by atoms with Gasteiger partial charge in [0.15, 0.2) is 11.5 Å². The van der Waals surface area contributed by atoms with Crippen molar-refractivity contribution < 1.29 is 28.9 Å². The van der Waals surface area contributed by atoms with Crippen LogP contribution in [0.15, 0.2) is 48.0 Å². The Morgan fingerprint density at radius 2 is 1.57 bits per heavy atom. The number of aliphatic hydroxyl groups is 1. The predicted octanol–water partition coefficient (Wildman–Crippen LogP) is 2.76. The molecule has 1 aliphatic heterocycles. The summed E-state index contributed by atoms with van der Waals surface area (Å²) in [5.41, 5.74) is 1.05. The SMILES string of the molecule is COc1ccc(C(O)=C2C(=O)C(=O)N(C)[C@H]2c2ccc(OC)c(OC)c2)cc1. The van der Waals surface area contributed by atoms with E-state index in [2.05, 4.69) is 0 Å². The van der Waals surface area contributed by atoms with Crippen molar-refractivity contribution in [2.45, 2.75) is 6.04 Å². The first-order chi connectivity index (χ1) is 13.4. The van der Waals surface area contributed by atoms with Gasteiger partial charge in [-0.3, -0.25) is 9.59 Å². The zero-order valence-corrected chi connectivity index (χ0v) is 16.1. The lowest BCUT2D eigenvalue weighted by Crippen LogP contribution is -2.24. The number of rotatable bonds is 5. The first-order valence-corrected chi connectivity index (χ1v) is 8.53. The monoisotopic (exact) mass is 383 g/mol. The van der Waals surface area contributed by atoms with Crippen LogP contribution in [0.1, 0.15) is 17.2 Å². The van der Waals surface area contributed by atoms with Crippen LogP contribution < -0.4 is 14.2 Å². The zero-order chi connectivity index (χ0) is 20.4. The van der Waals surface area contributed by atoms with Crippen LogP contribution in [0.25, 0.3) is 5.76 Å². The van der Waals surface area contributed by atoms with Gasteiger partial charge in [0.05, 0.1) is 32.9 Å². The lowest BCUT2D eigenvalue weighted by Gasteiger charge is -2.22. The molecule has 0 spiro atoms. The second kappa shape index (κ2) is 7.64. The van der Waals surface area contributed by atoms with Crippen LogP contribution in [0.2, 0.25) is 0 Å². The average Bonchev–Trinajstić information content (AvgIpc) is 2.96. The third-order valence-electron chi connectivity index (χ3n) is 4.76. The van der Waals surface area contributed by atoms with E-state index in [0.29, 0.717) is 28.4 Å². The van der Waals surface area contributed by atoms with Gasteiger partial charge in [-0.15, -0.1) is 0 Å². The molecule has 0 bridgehead atoms. The maximum Gasteiger partial charge on any atom is 0.295 e. The first kappa shape index (κ1) is 19.3. The third-order valence-corrected chi connectivity index (χ3v) is 4.76. The van der Waals surface area contributed by atoms with E-state index in [9.17, 15) is 14.7 Å². The molecule has 0 radical (unpaired) electrons. The van der Waals surface area contributed by atoms with Gasteiger partial charge in [-0.2, -0.15) is 0 Å². The molecule has 0 unspecified atom stereocenters. The van der Waals surface area contributed by atoms with Crippen molar-refractivity contribution in [3.05, 3.63) is 59.2 Å². The summed E-state index contributed by atoms with van der Waals surface area (Å²) in [6, 6.07) is 11.0. The number of carbonyl (C=O) groups excluding carboxylic acids is 2. The Kier molecular flexibility index (Phi) is 5.26. The molecule has 1 fully saturated rings. The molecule has 7 heteroatoms. The highest BCUT2D eigenvalue weighted by Crippen LogP contribution is 2.41. The number of benzene rings is 2. The van der Waals surface area contributed by atoms with E-state index in [1.807, 2.05) is 0 Å². The summed E-state index contributed by atoms with van der Waals surface area (Å²) in [5.74, 6) is -0.0718. The largest absolute Gasteiger partial charge is 0.507 e. The van der Waals surface area contributed by atoms with Crippen molar-refractivity contribution in [2.75, 3.05) is 28.4 Å². The average molecular weight is 383 g/mol. The predicted molar refractivity (Wildman–Crippen MR) is 103 cm³/mol. The van der Waals surface area contributed by atoms with E-state index < -0.39 is 17.7 Å². The van der Waals surface area contributed by atoms with Gasteiger partial charge >= 0.3 is 0 Å². The number of likely N-dealkylation sites (tertiary alicyclic amines) is 1. The number of methoxy groups -OCH3 is 3.